The molecule has 0 saturated heterocycles. The Morgan fingerprint density at radius 1 is 1.33 bits per heavy atom. The SMILES string of the molecule is Cc1ncc(COc2ccc(Br)c(CNC(C)(C)C)c2)s1. The number of rotatable bonds is 5. The van der Waals surface area contributed by atoms with Gasteiger partial charge in [-0.2, -0.15) is 0 Å². The highest BCUT2D eigenvalue weighted by Crippen LogP contribution is 2.24. The fraction of sp³-hybridized carbons (Fsp3) is 0.438. The van der Waals surface area contributed by atoms with Crippen LogP contribution < -0.4 is 10.1 Å². The lowest BCUT2D eigenvalue weighted by atomic mass is 10.1. The van der Waals surface area contributed by atoms with Gasteiger partial charge in [-0.3, -0.25) is 0 Å². The maximum atomic E-state index is 5.85. The average molecular weight is 369 g/mol. The maximum Gasteiger partial charge on any atom is 0.124 e. The Balaban J connectivity index is 2.00. The third-order valence-electron chi connectivity index (χ3n) is 2.88. The summed E-state index contributed by atoms with van der Waals surface area (Å²) in [5.74, 6) is 0.884. The summed E-state index contributed by atoms with van der Waals surface area (Å²) in [5.41, 5.74) is 1.29. The monoisotopic (exact) mass is 368 g/mol. The Hall–Kier alpha value is -0.910. The number of ether oxygens (including phenoxy) is 1. The molecule has 0 aliphatic rings. The van der Waals surface area contributed by atoms with E-state index in [-0.39, 0.29) is 5.54 Å². The van der Waals surface area contributed by atoms with Gasteiger partial charge in [-0.25, -0.2) is 4.98 Å². The van der Waals surface area contributed by atoms with Crippen LogP contribution in [0.4, 0.5) is 0 Å². The van der Waals surface area contributed by atoms with Crippen LogP contribution in [-0.2, 0) is 13.2 Å². The molecule has 0 unspecified atom stereocenters. The van der Waals surface area contributed by atoms with Crippen molar-refractivity contribution in [3.8, 4) is 5.75 Å². The van der Waals surface area contributed by atoms with Gasteiger partial charge in [0.2, 0.25) is 0 Å². The van der Waals surface area contributed by atoms with Gasteiger partial charge in [-0.1, -0.05) is 15.9 Å². The van der Waals surface area contributed by atoms with Gasteiger partial charge in [0.25, 0.3) is 0 Å². The second kappa shape index (κ2) is 6.90. The molecule has 2 rings (SSSR count). The van der Waals surface area contributed by atoms with Gasteiger partial charge in [0.15, 0.2) is 0 Å². The van der Waals surface area contributed by atoms with Gasteiger partial charge in [0, 0.05) is 22.8 Å². The van der Waals surface area contributed by atoms with Crippen molar-refractivity contribution in [1.29, 1.82) is 0 Å². The van der Waals surface area contributed by atoms with E-state index in [1.54, 1.807) is 11.3 Å². The quantitative estimate of drug-likeness (QED) is 0.831. The van der Waals surface area contributed by atoms with E-state index in [0.717, 1.165) is 26.7 Å². The van der Waals surface area contributed by atoms with Crippen LogP contribution in [0.5, 0.6) is 5.75 Å². The molecule has 0 atom stereocenters. The van der Waals surface area contributed by atoms with E-state index in [1.807, 2.05) is 25.3 Å². The summed E-state index contributed by atoms with van der Waals surface area (Å²) in [4.78, 5) is 5.38. The molecule has 0 amide bonds. The van der Waals surface area contributed by atoms with Crippen molar-refractivity contribution in [3.05, 3.63) is 44.3 Å². The lowest BCUT2D eigenvalue weighted by molar-refractivity contribution is 0.309. The second-order valence-electron chi connectivity index (χ2n) is 5.99. The molecule has 0 saturated carbocycles. The average Bonchev–Trinajstić information content (AvgIpc) is 2.81. The third kappa shape index (κ3) is 5.41. The van der Waals surface area contributed by atoms with E-state index >= 15 is 0 Å². The fourth-order valence-corrected chi connectivity index (χ4v) is 2.86. The number of hydrogen-bond acceptors (Lipinski definition) is 4. The molecule has 1 N–H and O–H groups in total. The first-order chi connectivity index (χ1) is 9.83. The molecular weight excluding hydrogens is 348 g/mol. The van der Waals surface area contributed by atoms with Crippen LogP contribution in [0.3, 0.4) is 0 Å². The van der Waals surface area contributed by atoms with Gasteiger partial charge in [0.05, 0.1) is 9.88 Å². The Morgan fingerprint density at radius 3 is 2.71 bits per heavy atom. The summed E-state index contributed by atoms with van der Waals surface area (Å²) in [6, 6.07) is 6.10. The molecule has 3 nitrogen and oxygen atoms in total. The van der Waals surface area contributed by atoms with Crippen molar-refractivity contribution in [1.82, 2.24) is 10.3 Å². The molecule has 2 aromatic rings. The van der Waals surface area contributed by atoms with Crippen LogP contribution in [0, 0.1) is 6.92 Å². The molecule has 1 aromatic heterocycles. The van der Waals surface area contributed by atoms with Gasteiger partial charge >= 0.3 is 0 Å². The Morgan fingerprint density at radius 2 is 2.10 bits per heavy atom. The Bertz CT molecular complexity index is 605. The minimum absolute atomic E-state index is 0.0937. The van der Waals surface area contributed by atoms with Crippen molar-refractivity contribution in [2.45, 2.75) is 46.4 Å². The van der Waals surface area contributed by atoms with Crippen LogP contribution in [-0.4, -0.2) is 10.5 Å². The molecule has 0 aliphatic carbocycles. The van der Waals surface area contributed by atoms with Crippen LogP contribution in [0.25, 0.3) is 0 Å². The maximum absolute atomic E-state index is 5.85. The number of aryl methyl sites for hydroxylation is 1. The molecule has 0 radical (unpaired) electrons. The number of nitrogens with one attached hydrogen (secondary N) is 1. The summed E-state index contributed by atoms with van der Waals surface area (Å²) in [6.07, 6.45) is 1.88. The smallest absolute Gasteiger partial charge is 0.124 e. The van der Waals surface area contributed by atoms with E-state index in [1.165, 1.54) is 5.56 Å². The third-order valence-corrected chi connectivity index (χ3v) is 4.54. The molecule has 0 aliphatic heterocycles. The second-order valence-corrected chi connectivity index (χ2v) is 8.16. The summed E-state index contributed by atoms with van der Waals surface area (Å²) in [7, 11) is 0. The summed E-state index contributed by atoms with van der Waals surface area (Å²) < 4.78 is 6.95. The highest BCUT2D eigenvalue weighted by molar-refractivity contribution is 9.10. The predicted molar refractivity (Wildman–Crippen MR) is 91.9 cm³/mol. The Kier molecular flexibility index (Phi) is 5.41. The summed E-state index contributed by atoms with van der Waals surface area (Å²) in [6.45, 7) is 9.86. The molecule has 0 bridgehead atoms. The number of hydrogen-bond donors (Lipinski definition) is 1. The number of thiazole rings is 1. The molecule has 0 fully saturated rings. The molecule has 1 heterocycles. The van der Waals surface area contributed by atoms with E-state index in [0.29, 0.717) is 6.61 Å². The first-order valence-electron chi connectivity index (χ1n) is 6.91. The zero-order chi connectivity index (χ0) is 15.5. The predicted octanol–water partition coefficient (Wildman–Crippen LogP) is 4.68. The van der Waals surface area contributed by atoms with E-state index < -0.39 is 0 Å². The lowest BCUT2D eigenvalue weighted by Crippen LogP contribution is -2.35. The molecule has 21 heavy (non-hydrogen) atoms. The van der Waals surface area contributed by atoms with Crippen LogP contribution >= 0.6 is 27.3 Å². The van der Waals surface area contributed by atoms with Gasteiger partial charge in [0.1, 0.15) is 12.4 Å². The molecule has 114 valence electrons. The normalized spacial score (nSPS) is 11.7. The van der Waals surface area contributed by atoms with Crippen LogP contribution in [0.15, 0.2) is 28.9 Å². The lowest BCUT2D eigenvalue weighted by Gasteiger charge is -2.21. The summed E-state index contributed by atoms with van der Waals surface area (Å²) in [5, 5.41) is 4.56. The largest absolute Gasteiger partial charge is 0.488 e. The highest BCUT2D eigenvalue weighted by Gasteiger charge is 2.10. The topological polar surface area (TPSA) is 34.1 Å². The van der Waals surface area contributed by atoms with Crippen molar-refractivity contribution < 1.29 is 4.74 Å². The molecule has 1 aromatic carbocycles. The first kappa shape index (κ1) is 16.5. The van der Waals surface area contributed by atoms with Gasteiger partial charge in [-0.05, 0) is 51.5 Å². The number of benzene rings is 1. The zero-order valence-corrected chi connectivity index (χ0v) is 15.3. The molecule has 5 heteroatoms. The number of aromatic nitrogens is 1. The van der Waals surface area contributed by atoms with Crippen LogP contribution in [0.2, 0.25) is 0 Å². The fourth-order valence-electron chi connectivity index (χ4n) is 1.76. The van der Waals surface area contributed by atoms with Gasteiger partial charge < -0.3 is 10.1 Å². The van der Waals surface area contributed by atoms with Crippen molar-refractivity contribution >= 4 is 27.3 Å². The van der Waals surface area contributed by atoms with E-state index in [9.17, 15) is 0 Å². The summed E-state index contributed by atoms with van der Waals surface area (Å²) >= 11 is 5.26. The Labute approximate surface area is 138 Å². The minimum atomic E-state index is 0.0937. The van der Waals surface area contributed by atoms with Crippen LogP contribution in [0.1, 0.15) is 36.2 Å². The standard InChI is InChI=1S/C16H21BrN2OS/c1-11-18-9-14(21-11)10-20-13-5-6-15(17)12(7-13)8-19-16(2,3)4/h5-7,9,19H,8,10H2,1-4H3. The van der Waals surface area contributed by atoms with Crippen molar-refractivity contribution in [2.75, 3.05) is 0 Å². The van der Waals surface area contributed by atoms with Crippen molar-refractivity contribution in [3.63, 3.8) is 0 Å². The van der Waals surface area contributed by atoms with Gasteiger partial charge in [-0.15, -0.1) is 11.3 Å². The molecular formula is C16H21BrN2OS. The molecule has 0 spiro atoms. The zero-order valence-electron chi connectivity index (χ0n) is 12.9. The number of nitrogens with zero attached hydrogens (tertiary/aromatic N) is 1. The van der Waals surface area contributed by atoms with E-state index in [4.69, 9.17) is 4.74 Å². The number of halogens is 1. The minimum Gasteiger partial charge on any atom is -0.488 e. The van der Waals surface area contributed by atoms with Crippen molar-refractivity contribution in [2.24, 2.45) is 0 Å². The highest BCUT2D eigenvalue weighted by atomic mass is 79.9. The first-order valence-corrected chi connectivity index (χ1v) is 8.52. The van der Waals surface area contributed by atoms with E-state index in [2.05, 4.69) is 53.1 Å².